The predicted octanol–water partition coefficient (Wildman–Crippen LogP) is 3.50. The molecule has 2 aromatic rings. The molecular weight excluding hydrogens is 369 g/mol. The largest absolute Gasteiger partial charge is 0.416 e. The number of hydrogen-bond acceptors (Lipinski definition) is 3. The molecule has 5 nitrogen and oxygen atoms in total. The minimum absolute atomic E-state index is 0.136. The number of nitrogens with zero attached hydrogens (tertiary/aromatic N) is 1. The topological polar surface area (TPSA) is 66.5 Å². The molecule has 9 heteroatoms. The summed E-state index contributed by atoms with van der Waals surface area (Å²) >= 11 is 0. The van der Waals surface area contributed by atoms with Crippen molar-refractivity contribution in [2.24, 2.45) is 0 Å². The number of para-hydroxylation sites is 1. The third-order valence-corrected chi connectivity index (χ3v) is 4.82. The Morgan fingerprint density at radius 2 is 1.58 bits per heavy atom. The first-order chi connectivity index (χ1) is 12.0. The monoisotopic (exact) mass is 386 g/mol. The van der Waals surface area contributed by atoms with Gasteiger partial charge >= 0.3 is 6.18 Å². The van der Waals surface area contributed by atoms with E-state index in [4.69, 9.17) is 0 Å². The smallest absolute Gasteiger partial charge is 0.324 e. The number of nitrogens with one attached hydrogen (secondary N) is 1. The van der Waals surface area contributed by atoms with E-state index < -0.39 is 33.7 Å². The van der Waals surface area contributed by atoms with Crippen LogP contribution >= 0.6 is 0 Å². The van der Waals surface area contributed by atoms with Gasteiger partial charge in [0, 0.05) is 5.69 Å². The van der Waals surface area contributed by atoms with Crippen LogP contribution in [0.4, 0.5) is 24.5 Å². The Kier molecular flexibility index (Phi) is 5.60. The van der Waals surface area contributed by atoms with E-state index in [0.717, 1.165) is 34.8 Å². The van der Waals surface area contributed by atoms with Crippen molar-refractivity contribution in [3.63, 3.8) is 0 Å². The molecule has 0 bridgehead atoms. The second kappa shape index (κ2) is 7.36. The molecule has 0 unspecified atom stereocenters. The van der Waals surface area contributed by atoms with Gasteiger partial charge < -0.3 is 5.32 Å². The summed E-state index contributed by atoms with van der Waals surface area (Å²) in [6.45, 7) is 1.40. The van der Waals surface area contributed by atoms with Crippen molar-refractivity contribution < 1.29 is 26.4 Å². The SMILES string of the molecule is C[C@@H](C(=O)Nc1ccc(C(F)(F)F)cc1)N(c1ccccc1)S(C)(=O)=O. The maximum absolute atomic E-state index is 12.6. The standard InChI is InChI=1S/C17H17F3N2O3S/c1-12(22(26(2,24)25)15-6-4-3-5-7-15)16(23)21-14-10-8-13(9-11-14)17(18,19)20/h3-12H,1-2H3,(H,21,23)/t12-/m0/s1. The van der Waals surface area contributed by atoms with E-state index in [1.54, 1.807) is 30.3 Å². The molecule has 1 N–H and O–H groups in total. The first-order valence-electron chi connectivity index (χ1n) is 7.53. The number of sulfonamides is 1. The highest BCUT2D eigenvalue weighted by molar-refractivity contribution is 7.92. The quantitative estimate of drug-likeness (QED) is 0.855. The highest BCUT2D eigenvalue weighted by atomic mass is 32.2. The minimum Gasteiger partial charge on any atom is -0.324 e. The van der Waals surface area contributed by atoms with Gasteiger partial charge in [0.1, 0.15) is 6.04 Å². The van der Waals surface area contributed by atoms with Crippen LogP contribution in [0.5, 0.6) is 0 Å². The van der Waals surface area contributed by atoms with Gasteiger partial charge in [0.25, 0.3) is 0 Å². The molecule has 0 heterocycles. The van der Waals surface area contributed by atoms with Gasteiger partial charge in [-0.1, -0.05) is 18.2 Å². The lowest BCUT2D eigenvalue weighted by atomic mass is 10.2. The number of rotatable bonds is 5. The zero-order valence-corrected chi connectivity index (χ0v) is 14.8. The first kappa shape index (κ1) is 19.8. The van der Waals surface area contributed by atoms with Gasteiger partial charge in [-0.2, -0.15) is 13.2 Å². The second-order valence-corrected chi connectivity index (χ2v) is 7.49. The molecule has 0 fully saturated rings. The van der Waals surface area contributed by atoms with Gasteiger partial charge in [-0.15, -0.1) is 0 Å². The zero-order chi connectivity index (χ0) is 19.5. The van der Waals surface area contributed by atoms with E-state index in [1.165, 1.54) is 6.92 Å². The third-order valence-electron chi connectivity index (χ3n) is 3.58. The van der Waals surface area contributed by atoms with E-state index >= 15 is 0 Å². The first-order valence-corrected chi connectivity index (χ1v) is 9.37. The summed E-state index contributed by atoms with van der Waals surface area (Å²) in [5.74, 6) is -0.668. The van der Waals surface area contributed by atoms with Crippen molar-refractivity contribution in [1.82, 2.24) is 0 Å². The number of carbonyl (C=O) groups is 1. The van der Waals surface area contributed by atoms with E-state index in [9.17, 15) is 26.4 Å². The van der Waals surface area contributed by atoms with Crippen LogP contribution in [-0.2, 0) is 21.0 Å². The van der Waals surface area contributed by atoms with Crippen molar-refractivity contribution in [2.75, 3.05) is 15.9 Å². The molecule has 0 aromatic heterocycles. The van der Waals surface area contributed by atoms with Crippen LogP contribution in [0.25, 0.3) is 0 Å². The number of halogens is 3. The summed E-state index contributed by atoms with van der Waals surface area (Å²) in [5, 5.41) is 2.43. The molecule has 0 saturated heterocycles. The number of benzene rings is 2. The lowest BCUT2D eigenvalue weighted by Gasteiger charge is -2.28. The Labute approximate surface area is 149 Å². The van der Waals surface area contributed by atoms with E-state index in [-0.39, 0.29) is 5.69 Å². The Morgan fingerprint density at radius 3 is 2.04 bits per heavy atom. The van der Waals surface area contributed by atoms with Crippen LogP contribution in [0.1, 0.15) is 12.5 Å². The van der Waals surface area contributed by atoms with E-state index in [1.807, 2.05) is 0 Å². The highest BCUT2D eigenvalue weighted by Gasteiger charge is 2.31. The van der Waals surface area contributed by atoms with Gasteiger partial charge in [0.15, 0.2) is 0 Å². The van der Waals surface area contributed by atoms with Crippen molar-refractivity contribution in [1.29, 1.82) is 0 Å². The molecule has 1 amide bonds. The fourth-order valence-electron chi connectivity index (χ4n) is 2.37. The number of carbonyl (C=O) groups excluding carboxylic acids is 1. The number of alkyl halides is 3. The number of hydrogen-bond donors (Lipinski definition) is 1. The second-order valence-electron chi connectivity index (χ2n) is 5.63. The van der Waals surface area contributed by atoms with Crippen molar-refractivity contribution in [3.8, 4) is 0 Å². The summed E-state index contributed by atoms with van der Waals surface area (Å²) in [4.78, 5) is 12.4. The molecule has 0 radical (unpaired) electrons. The van der Waals surface area contributed by atoms with Gasteiger partial charge in [0.2, 0.25) is 15.9 Å². The summed E-state index contributed by atoms with van der Waals surface area (Å²) < 4.78 is 62.9. The molecule has 1 atom stereocenters. The molecule has 0 aliphatic carbocycles. The van der Waals surface area contributed by atoms with Gasteiger partial charge in [-0.05, 0) is 43.3 Å². The fourth-order valence-corrected chi connectivity index (χ4v) is 3.55. The molecule has 140 valence electrons. The van der Waals surface area contributed by atoms with Crippen LogP contribution < -0.4 is 9.62 Å². The minimum atomic E-state index is -4.48. The Bertz CT molecular complexity index is 866. The molecular formula is C17H17F3N2O3S. The Hall–Kier alpha value is -2.55. The van der Waals surface area contributed by atoms with Gasteiger partial charge in [-0.3, -0.25) is 9.10 Å². The van der Waals surface area contributed by atoms with Crippen molar-refractivity contribution in [2.45, 2.75) is 19.1 Å². The van der Waals surface area contributed by atoms with Crippen LogP contribution in [0.3, 0.4) is 0 Å². The maximum atomic E-state index is 12.6. The zero-order valence-electron chi connectivity index (χ0n) is 14.0. The fraction of sp³-hybridized carbons (Fsp3) is 0.235. The molecule has 0 saturated carbocycles. The molecule has 0 aliphatic heterocycles. The molecule has 0 spiro atoms. The van der Waals surface area contributed by atoms with E-state index in [0.29, 0.717) is 5.69 Å². The number of amides is 1. The maximum Gasteiger partial charge on any atom is 0.416 e. The van der Waals surface area contributed by atoms with Crippen LogP contribution in [-0.4, -0.2) is 26.6 Å². The molecule has 26 heavy (non-hydrogen) atoms. The van der Waals surface area contributed by atoms with Crippen molar-refractivity contribution in [3.05, 3.63) is 60.2 Å². The summed E-state index contributed by atoms with van der Waals surface area (Å²) in [5.41, 5.74) is -0.396. The van der Waals surface area contributed by atoms with Crippen molar-refractivity contribution >= 4 is 27.3 Å². The van der Waals surface area contributed by atoms with Crippen LogP contribution in [0.2, 0.25) is 0 Å². The number of anilines is 2. The summed E-state index contributed by atoms with van der Waals surface area (Å²) in [6.07, 6.45) is -3.50. The lowest BCUT2D eigenvalue weighted by molar-refractivity contribution is -0.137. The predicted molar refractivity (Wildman–Crippen MR) is 93.3 cm³/mol. The Morgan fingerprint density at radius 1 is 1.04 bits per heavy atom. The third kappa shape index (κ3) is 4.75. The van der Waals surface area contributed by atoms with Gasteiger partial charge in [-0.25, -0.2) is 8.42 Å². The lowest BCUT2D eigenvalue weighted by Crippen LogP contribution is -2.45. The van der Waals surface area contributed by atoms with Crippen LogP contribution in [0, 0.1) is 0 Å². The molecule has 0 aliphatic rings. The van der Waals surface area contributed by atoms with Gasteiger partial charge in [0.05, 0.1) is 17.5 Å². The average Bonchev–Trinajstić information content (AvgIpc) is 2.54. The Balaban J connectivity index is 2.22. The van der Waals surface area contributed by atoms with E-state index in [2.05, 4.69) is 5.32 Å². The van der Waals surface area contributed by atoms with Crippen LogP contribution in [0.15, 0.2) is 54.6 Å². The molecule has 2 rings (SSSR count). The summed E-state index contributed by atoms with van der Waals surface area (Å²) in [6, 6.07) is 10.9. The normalized spacial score (nSPS) is 13.1. The average molecular weight is 386 g/mol. The highest BCUT2D eigenvalue weighted by Crippen LogP contribution is 2.30. The summed E-state index contributed by atoms with van der Waals surface area (Å²) in [7, 11) is -3.76. The molecule has 2 aromatic carbocycles.